The van der Waals surface area contributed by atoms with Crippen LogP contribution in [-0.2, 0) is 0 Å². The molecule has 2 N–H and O–H groups in total. The van der Waals surface area contributed by atoms with E-state index in [9.17, 15) is 13.6 Å². The van der Waals surface area contributed by atoms with Crippen molar-refractivity contribution in [2.75, 3.05) is 5.23 Å². The Hall–Kier alpha value is -2.37. The molecule has 94 valence electrons. The van der Waals surface area contributed by atoms with E-state index in [1.54, 1.807) is 24.3 Å². The van der Waals surface area contributed by atoms with E-state index < -0.39 is 18.6 Å². The second kappa shape index (κ2) is 4.38. The molecule has 1 heterocycles. The summed E-state index contributed by atoms with van der Waals surface area (Å²) in [7, 11) is 0. The van der Waals surface area contributed by atoms with E-state index in [1.807, 2.05) is 0 Å². The van der Waals surface area contributed by atoms with E-state index in [0.29, 0.717) is 16.7 Å². The maximum atomic E-state index is 13.2. The monoisotopic (exact) mass is 258 g/mol. The van der Waals surface area contributed by atoms with Crippen LogP contribution in [0.4, 0.5) is 14.5 Å². The molecule has 0 saturated carbocycles. The van der Waals surface area contributed by atoms with Crippen LogP contribution in [0.1, 0.15) is 10.4 Å². The third-order valence-corrected chi connectivity index (χ3v) is 2.97. The smallest absolute Gasteiger partial charge is 0.405 e. The van der Waals surface area contributed by atoms with Gasteiger partial charge in [0.2, 0.25) is 5.91 Å². The van der Waals surface area contributed by atoms with E-state index in [4.69, 9.17) is 0 Å². The predicted molar refractivity (Wildman–Crippen MR) is 69.3 cm³/mol. The van der Waals surface area contributed by atoms with Crippen LogP contribution in [0.15, 0.2) is 42.5 Å². The second-order valence-electron chi connectivity index (χ2n) is 4.30. The number of fused-ring (bicyclic) bond motifs is 1. The van der Waals surface area contributed by atoms with Crippen molar-refractivity contribution in [3.63, 3.8) is 0 Å². The number of nitrogens with one attached hydrogen (secondary N) is 2. The van der Waals surface area contributed by atoms with Crippen molar-refractivity contribution in [1.82, 2.24) is 5.23 Å². The molecule has 0 aliphatic carbocycles. The lowest BCUT2D eigenvalue weighted by Crippen LogP contribution is -2.57. The maximum absolute atomic E-state index is 13.2. The number of para-hydroxylation sites is 1. The topological polar surface area (TPSA) is 41.1 Å². The number of carbonyl (C=O) groups is 1. The van der Waals surface area contributed by atoms with Crippen molar-refractivity contribution in [1.29, 1.82) is 0 Å². The summed E-state index contributed by atoms with van der Waals surface area (Å²) in [5.74, 6) is -1.63. The molecule has 0 unspecified atom stereocenters. The third kappa shape index (κ3) is 2.17. The number of benzene rings is 2. The molecule has 6 heteroatoms. The third-order valence-electron chi connectivity index (χ3n) is 2.97. The summed E-state index contributed by atoms with van der Waals surface area (Å²) in [6, 6.07) is 10.1. The van der Waals surface area contributed by atoms with Gasteiger partial charge in [0.1, 0.15) is 11.6 Å². The average molecular weight is 258 g/mol. The molecule has 0 saturated heterocycles. The highest BCUT2D eigenvalue weighted by atomic mass is 19.1. The molecule has 1 amide bonds. The van der Waals surface area contributed by atoms with Crippen molar-refractivity contribution < 1.29 is 13.6 Å². The van der Waals surface area contributed by atoms with E-state index in [1.165, 1.54) is 12.1 Å². The molecule has 19 heavy (non-hydrogen) atoms. The van der Waals surface area contributed by atoms with Gasteiger partial charge >= 0.3 is 6.98 Å². The summed E-state index contributed by atoms with van der Waals surface area (Å²) in [6.45, 7) is -0.646. The highest BCUT2D eigenvalue weighted by Crippen LogP contribution is 2.18. The molecule has 2 aromatic rings. The quantitative estimate of drug-likeness (QED) is 0.761. The lowest BCUT2D eigenvalue weighted by atomic mass is 9.66. The number of halogens is 2. The summed E-state index contributed by atoms with van der Waals surface area (Å²) in [5, 5.41) is 5.69. The van der Waals surface area contributed by atoms with Gasteiger partial charge in [-0.05, 0) is 29.7 Å². The van der Waals surface area contributed by atoms with Gasteiger partial charge in [-0.25, -0.2) is 8.78 Å². The summed E-state index contributed by atoms with van der Waals surface area (Å²) in [6.07, 6.45) is 0. The van der Waals surface area contributed by atoms with Crippen LogP contribution in [0.2, 0.25) is 0 Å². The molecule has 0 bridgehead atoms. The molecular weight excluding hydrogens is 249 g/mol. The van der Waals surface area contributed by atoms with Crippen LogP contribution in [0, 0.1) is 11.6 Å². The Morgan fingerprint density at radius 3 is 2.37 bits per heavy atom. The summed E-state index contributed by atoms with van der Waals surface area (Å²) in [4.78, 5) is 11.9. The van der Waals surface area contributed by atoms with Crippen molar-refractivity contribution >= 4 is 24.0 Å². The molecule has 0 atom stereocenters. The molecule has 0 aromatic heterocycles. The lowest BCUT2D eigenvalue weighted by molar-refractivity contribution is 0.0979. The fraction of sp³-hybridized carbons (Fsp3) is 0. The Morgan fingerprint density at radius 1 is 0.947 bits per heavy atom. The standard InChI is InChI=1S/C13H9BF2N2O/c15-9-5-8(6-10(16)7-9)14-17-12-4-2-1-3-11(12)13(19)18-14/h1-7,17H,(H,18,19). The van der Waals surface area contributed by atoms with Gasteiger partial charge in [-0.3, -0.25) is 4.79 Å². The Balaban J connectivity index is 1.99. The molecule has 3 nitrogen and oxygen atoms in total. The van der Waals surface area contributed by atoms with Gasteiger partial charge in [-0.1, -0.05) is 12.1 Å². The average Bonchev–Trinajstić information content (AvgIpc) is 2.37. The van der Waals surface area contributed by atoms with Crippen molar-refractivity contribution in [2.24, 2.45) is 0 Å². The Kier molecular flexibility index (Phi) is 2.70. The summed E-state index contributed by atoms with van der Waals surface area (Å²) in [5.41, 5.74) is 1.48. The maximum Gasteiger partial charge on any atom is 0.408 e. The first-order valence-corrected chi connectivity index (χ1v) is 5.76. The van der Waals surface area contributed by atoms with E-state index in [0.717, 1.165) is 6.07 Å². The van der Waals surface area contributed by atoms with E-state index >= 15 is 0 Å². The van der Waals surface area contributed by atoms with Gasteiger partial charge in [-0.15, -0.1) is 0 Å². The Bertz CT molecular complexity index is 643. The highest BCUT2D eigenvalue weighted by Gasteiger charge is 2.29. The second-order valence-corrected chi connectivity index (χ2v) is 4.30. The molecule has 1 aliphatic heterocycles. The largest absolute Gasteiger partial charge is 0.408 e. The first-order valence-electron chi connectivity index (χ1n) is 5.76. The first kappa shape index (κ1) is 11.7. The minimum absolute atomic E-state index is 0.274. The SMILES string of the molecule is O=C1NB(c2cc(F)cc(F)c2)Nc2ccccc21. The van der Waals surface area contributed by atoms with Crippen molar-refractivity contribution in [3.8, 4) is 0 Å². The van der Waals surface area contributed by atoms with Gasteiger partial charge in [0.25, 0.3) is 0 Å². The fourth-order valence-electron chi connectivity index (χ4n) is 2.12. The number of rotatable bonds is 1. The van der Waals surface area contributed by atoms with Crippen molar-refractivity contribution in [3.05, 3.63) is 59.7 Å². The lowest BCUT2D eigenvalue weighted by Gasteiger charge is -2.24. The molecule has 0 radical (unpaired) electrons. The summed E-state index contributed by atoms with van der Waals surface area (Å²) >= 11 is 0. The number of carbonyl (C=O) groups excluding carboxylic acids is 1. The van der Waals surface area contributed by atoms with Crippen LogP contribution < -0.4 is 15.9 Å². The van der Waals surface area contributed by atoms with Gasteiger partial charge in [0.15, 0.2) is 0 Å². The molecule has 1 aliphatic rings. The van der Waals surface area contributed by atoms with Gasteiger partial charge in [-0.2, -0.15) is 0 Å². The van der Waals surface area contributed by atoms with Crippen molar-refractivity contribution in [2.45, 2.75) is 0 Å². The van der Waals surface area contributed by atoms with E-state index in [2.05, 4.69) is 10.5 Å². The molecule has 0 fully saturated rings. The number of hydrogen-bond donors (Lipinski definition) is 2. The molecule has 0 spiro atoms. The normalized spacial score (nSPS) is 13.6. The molecule has 3 rings (SSSR count). The Morgan fingerprint density at radius 2 is 1.63 bits per heavy atom. The number of amides is 1. The van der Waals surface area contributed by atoms with Gasteiger partial charge in [0, 0.05) is 11.8 Å². The zero-order valence-corrected chi connectivity index (χ0v) is 9.78. The van der Waals surface area contributed by atoms with Gasteiger partial charge < -0.3 is 10.5 Å². The Labute approximate surface area is 108 Å². The molecular formula is C13H9BF2N2O. The van der Waals surface area contributed by atoms with Crippen LogP contribution in [0.25, 0.3) is 0 Å². The fourth-order valence-corrected chi connectivity index (χ4v) is 2.12. The van der Waals surface area contributed by atoms with Gasteiger partial charge in [0.05, 0.1) is 5.56 Å². The zero-order valence-electron chi connectivity index (χ0n) is 9.78. The summed E-state index contributed by atoms with van der Waals surface area (Å²) < 4.78 is 26.4. The van der Waals surface area contributed by atoms with Crippen LogP contribution >= 0.6 is 0 Å². The van der Waals surface area contributed by atoms with E-state index in [-0.39, 0.29) is 5.91 Å². The first-order chi connectivity index (χ1) is 9.13. The minimum atomic E-state index is -0.676. The number of anilines is 1. The van der Waals surface area contributed by atoms with Crippen LogP contribution in [0.5, 0.6) is 0 Å². The highest BCUT2D eigenvalue weighted by molar-refractivity contribution is 6.77. The number of hydrogen-bond acceptors (Lipinski definition) is 2. The zero-order chi connectivity index (χ0) is 13.4. The minimum Gasteiger partial charge on any atom is -0.405 e. The van der Waals surface area contributed by atoms with Crippen LogP contribution in [-0.4, -0.2) is 12.9 Å². The van der Waals surface area contributed by atoms with Crippen LogP contribution in [0.3, 0.4) is 0 Å². The predicted octanol–water partition coefficient (Wildman–Crippen LogP) is 1.52. The molecule has 2 aromatic carbocycles.